The predicted molar refractivity (Wildman–Crippen MR) is 50.9 cm³/mol. The van der Waals surface area contributed by atoms with E-state index in [1.54, 1.807) is 6.20 Å². The number of quaternary nitrogens is 1. The summed E-state index contributed by atoms with van der Waals surface area (Å²) < 4.78 is 11.3. The van der Waals surface area contributed by atoms with Crippen molar-refractivity contribution >= 4 is 6.34 Å². The Morgan fingerprint density at radius 1 is 1.15 bits per heavy atom. The lowest BCUT2D eigenvalue weighted by Crippen LogP contribution is -2.43. The Morgan fingerprint density at radius 2 is 1.77 bits per heavy atom. The van der Waals surface area contributed by atoms with Crippen LogP contribution in [0.5, 0.6) is 0 Å². The van der Waals surface area contributed by atoms with Crippen LogP contribution < -0.4 is 0 Å². The molecule has 0 fully saturated rings. The first kappa shape index (κ1) is 10.4. The van der Waals surface area contributed by atoms with E-state index in [0.29, 0.717) is 31.2 Å². The normalized spacial score (nSPS) is 18.3. The molecule has 4 nitrogen and oxygen atoms in total. The van der Waals surface area contributed by atoms with Crippen LogP contribution in [0.15, 0.2) is 17.4 Å². The summed E-state index contributed by atoms with van der Waals surface area (Å²) >= 11 is 0. The molecule has 1 aliphatic heterocycles. The zero-order valence-corrected chi connectivity index (χ0v) is 8.27. The average molecular weight is 185 g/mol. The molecule has 0 aromatic rings. The Labute approximate surface area is 79.1 Å². The highest BCUT2D eigenvalue weighted by Crippen LogP contribution is 2.11. The molecule has 0 bridgehead atoms. The van der Waals surface area contributed by atoms with Crippen LogP contribution >= 0.6 is 0 Å². The maximum absolute atomic E-state index is 5.37. The molecule has 0 spiro atoms. The summed E-state index contributed by atoms with van der Waals surface area (Å²) in [6.45, 7) is 6.58. The van der Waals surface area contributed by atoms with Gasteiger partial charge in [-0.1, -0.05) is 0 Å². The standard InChI is InChI=1S/C9H17N2O2/c1-3-12-8-11(9-13-4-2)6-5-10-7-11/h5-7H,3-4,8-9H2,1-2H3/q+1. The first-order chi connectivity index (χ1) is 6.33. The van der Waals surface area contributed by atoms with Crippen LogP contribution in [-0.4, -0.2) is 37.5 Å². The smallest absolute Gasteiger partial charge is 0.198 e. The molecule has 1 rings (SSSR count). The minimum absolute atomic E-state index is 0.543. The number of aliphatic imine (C=N–C) groups is 1. The van der Waals surface area contributed by atoms with Gasteiger partial charge in [-0.25, -0.2) is 9.48 Å². The van der Waals surface area contributed by atoms with Gasteiger partial charge in [0.05, 0.1) is 6.20 Å². The van der Waals surface area contributed by atoms with E-state index in [9.17, 15) is 0 Å². The third-order valence-electron chi connectivity index (χ3n) is 1.82. The average Bonchev–Trinajstić information content (AvgIpc) is 2.61. The highest BCUT2D eigenvalue weighted by molar-refractivity contribution is 5.50. The second-order valence-electron chi connectivity index (χ2n) is 2.91. The summed E-state index contributed by atoms with van der Waals surface area (Å²) in [5.74, 6) is 0. The molecule has 1 aliphatic rings. The zero-order chi connectivity index (χ0) is 9.57. The Balaban J connectivity index is 2.44. The van der Waals surface area contributed by atoms with Crippen LogP contribution in [-0.2, 0) is 9.47 Å². The molecule has 4 heteroatoms. The summed E-state index contributed by atoms with van der Waals surface area (Å²) in [4.78, 5) is 4.05. The van der Waals surface area contributed by atoms with Gasteiger partial charge in [-0.2, -0.15) is 0 Å². The number of hydrogen-bond donors (Lipinski definition) is 0. The fourth-order valence-corrected chi connectivity index (χ4v) is 1.09. The van der Waals surface area contributed by atoms with E-state index < -0.39 is 0 Å². The van der Waals surface area contributed by atoms with Crippen LogP contribution in [0.4, 0.5) is 0 Å². The van der Waals surface area contributed by atoms with Crippen molar-refractivity contribution < 1.29 is 14.0 Å². The molecule has 1 heterocycles. The van der Waals surface area contributed by atoms with Gasteiger partial charge in [0, 0.05) is 13.2 Å². The quantitative estimate of drug-likeness (QED) is 0.584. The summed E-state index contributed by atoms with van der Waals surface area (Å²) in [6, 6.07) is 0. The van der Waals surface area contributed by atoms with Gasteiger partial charge in [0.25, 0.3) is 0 Å². The van der Waals surface area contributed by atoms with Crippen LogP contribution in [0.2, 0.25) is 0 Å². The summed E-state index contributed by atoms with van der Waals surface area (Å²) in [6.07, 6.45) is 5.59. The lowest BCUT2D eigenvalue weighted by molar-refractivity contribution is -0.826. The van der Waals surface area contributed by atoms with E-state index in [1.807, 2.05) is 26.4 Å². The zero-order valence-electron chi connectivity index (χ0n) is 8.27. The van der Waals surface area contributed by atoms with Crippen molar-refractivity contribution in [1.82, 2.24) is 0 Å². The first-order valence-electron chi connectivity index (χ1n) is 4.57. The Morgan fingerprint density at radius 3 is 2.15 bits per heavy atom. The van der Waals surface area contributed by atoms with E-state index >= 15 is 0 Å². The number of ether oxygens (including phenoxy) is 2. The third kappa shape index (κ3) is 2.91. The van der Waals surface area contributed by atoms with Crippen molar-refractivity contribution in [2.24, 2.45) is 4.99 Å². The molecule has 0 N–H and O–H groups in total. The van der Waals surface area contributed by atoms with Crippen molar-refractivity contribution in [2.45, 2.75) is 13.8 Å². The second-order valence-corrected chi connectivity index (χ2v) is 2.91. The SMILES string of the molecule is CCOC[N+]1(COCC)C=CN=C1. The van der Waals surface area contributed by atoms with Gasteiger partial charge in [0.1, 0.15) is 6.20 Å². The van der Waals surface area contributed by atoms with Crippen molar-refractivity contribution in [3.63, 3.8) is 0 Å². The number of rotatable bonds is 6. The molecule has 0 atom stereocenters. The molecule has 0 amide bonds. The van der Waals surface area contributed by atoms with Gasteiger partial charge < -0.3 is 9.47 Å². The largest absolute Gasteiger partial charge is 0.331 e. The Kier molecular flexibility index (Phi) is 4.08. The fraction of sp³-hybridized carbons (Fsp3) is 0.667. The number of nitrogens with zero attached hydrogens (tertiary/aromatic N) is 2. The van der Waals surface area contributed by atoms with Gasteiger partial charge in [-0.3, -0.25) is 0 Å². The minimum atomic E-state index is 0.543. The summed E-state index contributed by atoms with van der Waals surface area (Å²) in [7, 11) is 0. The first-order valence-corrected chi connectivity index (χ1v) is 4.57. The van der Waals surface area contributed by atoms with E-state index in [1.165, 1.54) is 0 Å². The van der Waals surface area contributed by atoms with Crippen LogP contribution in [0.3, 0.4) is 0 Å². The second kappa shape index (κ2) is 5.11. The van der Waals surface area contributed by atoms with Crippen LogP contribution in [0.25, 0.3) is 0 Å². The molecular formula is C9H17N2O2+. The minimum Gasteiger partial charge on any atom is -0.331 e. The molecule has 0 aromatic carbocycles. The van der Waals surface area contributed by atoms with Gasteiger partial charge >= 0.3 is 0 Å². The van der Waals surface area contributed by atoms with E-state index in [0.717, 1.165) is 0 Å². The van der Waals surface area contributed by atoms with Gasteiger partial charge in [-0.05, 0) is 13.8 Å². The highest BCUT2D eigenvalue weighted by atomic mass is 16.5. The van der Waals surface area contributed by atoms with Crippen LogP contribution in [0.1, 0.15) is 13.8 Å². The Hall–Kier alpha value is -0.710. The van der Waals surface area contributed by atoms with Crippen LogP contribution in [0, 0.1) is 0 Å². The predicted octanol–water partition coefficient (Wildman–Crippen LogP) is 1.30. The van der Waals surface area contributed by atoms with E-state index in [2.05, 4.69) is 4.99 Å². The molecule has 0 unspecified atom stereocenters. The molecular weight excluding hydrogens is 168 g/mol. The van der Waals surface area contributed by atoms with Gasteiger partial charge in [0.2, 0.25) is 0 Å². The summed E-state index contributed by atoms with van der Waals surface area (Å²) in [5, 5.41) is 0. The molecule has 0 aliphatic carbocycles. The van der Waals surface area contributed by atoms with Gasteiger partial charge in [-0.15, -0.1) is 0 Å². The molecule has 0 saturated heterocycles. The maximum Gasteiger partial charge on any atom is 0.198 e. The number of hydrogen-bond acceptors (Lipinski definition) is 3. The van der Waals surface area contributed by atoms with Crippen molar-refractivity contribution in [3.8, 4) is 0 Å². The maximum atomic E-state index is 5.37. The van der Waals surface area contributed by atoms with Crippen molar-refractivity contribution in [1.29, 1.82) is 0 Å². The van der Waals surface area contributed by atoms with E-state index in [4.69, 9.17) is 9.47 Å². The molecule has 0 radical (unpaired) electrons. The monoisotopic (exact) mass is 185 g/mol. The molecule has 74 valence electrons. The highest BCUT2D eigenvalue weighted by Gasteiger charge is 2.25. The molecule has 13 heavy (non-hydrogen) atoms. The van der Waals surface area contributed by atoms with Gasteiger partial charge in [0.15, 0.2) is 19.8 Å². The molecule has 0 saturated carbocycles. The lowest BCUT2D eigenvalue weighted by Gasteiger charge is -2.25. The fourth-order valence-electron chi connectivity index (χ4n) is 1.09. The third-order valence-corrected chi connectivity index (χ3v) is 1.82. The van der Waals surface area contributed by atoms with Crippen molar-refractivity contribution in [3.05, 3.63) is 12.4 Å². The van der Waals surface area contributed by atoms with Crippen molar-refractivity contribution in [2.75, 3.05) is 26.7 Å². The van der Waals surface area contributed by atoms with E-state index in [-0.39, 0.29) is 0 Å². The molecule has 0 aromatic heterocycles. The topological polar surface area (TPSA) is 30.8 Å². The summed E-state index contributed by atoms with van der Waals surface area (Å²) in [5.41, 5.74) is 0. The Bertz CT molecular complexity index is 180. The lowest BCUT2D eigenvalue weighted by atomic mass is 10.6.